The number of aromatic nitrogens is 3. The molecule has 0 aliphatic carbocycles. The molecule has 0 unspecified atom stereocenters. The zero-order valence-corrected chi connectivity index (χ0v) is 11.6. The molecule has 3 aromatic rings. The maximum Gasteiger partial charge on any atom is 0.323 e. The SMILES string of the molecule is Cc1ncsc1-c1nc2cc(F)c(F)cc2n1CC(=O)O. The highest BCUT2D eigenvalue weighted by molar-refractivity contribution is 7.13. The topological polar surface area (TPSA) is 68.0 Å². The third-order valence-corrected chi connectivity index (χ3v) is 3.96. The molecule has 0 amide bonds. The van der Waals surface area contributed by atoms with Crippen molar-refractivity contribution in [3.05, 3.63) is 35.0 Å². The Morgan fingerprint density at radius 3 is 2.71 bits per heavy atom. The number of rotatable bonds is 3. The summed E-state index contributed by atoms with van der Waals surface area (Å²) in [6, 6.07) is 1.92. The summed E-state index contributed by atoms with van der Waals surface area (Å²) in [5.74, 6) is -2.81. The Balaban J connectivity index is 2.33. The first-order valence-corrected chi connectivity index (χ1v) is 6.83. The first kappa shape index (κ1) is 13.6. The second kappa shape index (κ2) is 4.88. The Kier molecular flexibility index (Phi) is 3.17. The number of hydrogen-bond donors (Lipinski definition) is 1. The zero-order chi connectivity index (χ0) is 15.1. The Labute approximate surface area is 121 Å². The molecule has 0 radical (unpaired) electrons. The van der Waals surface area contributed by atoms with Crippen molar-refractivity contribution in [1.82, 2.24) is 14.5 Å². The van der Waals surface area contributed by atoms with Gasteiger partial charge in [0.25, 0.3) is 0 Å². The maximum atomic E-state index is 13.4. The molecule has 5 nitrogen and oxygen atoms in total. The van der Waals surface area contributed by atoms with Crippen LogP contribution in [0.1, 0.15) is 5.69 Å². The van der Waals surface area contributed by atoms with Gasteiger partial charge < -0.3 is 9.67 Å². The minimum Gasteiger partial charge on any atom is -0.480 e. The van der Waals surface area contributed by atoms with Crippen LogP contribution in [0.5, 0.6) is 0 Å². The molecular weight excluding hydrogens is 300 g/mol. The van der Waals surface area contributed by atoms with E-state index in [0.29, 0.717) is 16.4 Å². The number of nitrogens with zero attached hydrogens (tertiary/aromatic N) is 3. The lowest BCUT2D eigenvalue weighted by Gasteiger charge is -2.05. The number of imidazole rings is 1. The van der Waals surface area contributed by atoms with Crippen molar-refractivity contribution < 1.29 is 18.7 Å². The quantitative estimate of drug-likeness (QED) is 0.808. The summed E-state index contributed by atoms with van der Waals surface area (Å²) in [6.07, 6.45) is 0. The molecule has 0 saturated heterocycles. The molecule has 2 aromatic heterocycles. The summed E-state index contributed by atoms with van der Waals surface area (Å²) in [4.78, 5) is 20.0. The lowest BCUT2D eigenvalue weighted by Crippen LogP contribution is -2.10. The number of carboxylic acids is 1. The highest BCUT2D eigenvalue weighted by Crippen LogP contribution is 2.30. The summed E-state index contributed by atoms with van der Waals surface area (Å²) in [7, 11) is 0. The lowest BCUT2D eigenvalue weighted by molar-refractivity contribution is -0.137. The van der Waals surface area contributed by atoms with E-state index in [4.69, 9.17) is 5.11 Å². The minimum absolute atomic E-state index is 0.206. The third kappa shape index (κ3) is 2.27. The average molecular weight is 309 g/mol. The van der Waals surface area contributed by atoms with Crippen LogP contribution in [0.2, 0.25) is 0 Å². The molecule has 0 spiro atoms. The Morgan fingerprint density at radius 1 is 1.38 bits per heavy atom. The predicted octanol–water partition coefficient (Wildman–Crippen LogP) is 2.83. The van der Waals surface area contributed by atoms with Crippen LogP contribution in [0.15, 0.2) is 17.6 Å². The van der Waals surface area contributed by atoms with E-state index in [9.17, 15) is 13.6 Å². The van der Waals surface area contributed by atoms with Crippen molar-refractivity contribution in [3.63, 3.8) is 0 Å². The fraction of sp³-hybridized carbons (Fsp3) is 0.154. The number of aliphatic carboxylic acids is 1. The summed E-state index contributed by atoms with van der Waals surface area (Å²) in [5, 5.41) is 9.03. The Morgan fingerprint density at radius 2 is 2.10 bits per heavy atom. The molecule has 0 atom stereocenters. The zero-order valence-electron chi connectivity index (χ0n) is 10.8. The molecule has 1 N–H and O–H groups in total. The number of carboxylic acid groups (broad SMARTS) is 1. The van der Waals surface area contributed by atoms with Gasteiger partial charge in [0, 0.05) is 12.1 Å². The van der Waals surface area contributed by atoms with Gasteiger partial charge in [-0.25, -0.2) is 18.7 Å². The summed E-state index contributed by atoms with van der Waals surface area (Å²) in [6.45, 7) is 1.37. The van der Waals surface area contributed by atoms with E-state index in [1.54, 1.807) is 12.4 Å². The monoisotopic (exact) mass is 309 g/mol. The minimum atomic E-state index is -1.09. The fourth-order valence-corrected chi connectivity index (χ4v) is 2.91. The van der Waals surface area contributed by atoms with E-state index in [1.165, 1.54) is 15.9 Å². The third-order valence-electron chi connectivity index (χ3n) is 3.03. The molecule has 21 heavy (non-hydrogen) atoms. The van der Waals surface area contributed by atoms with E-state index in [1.807, 2.05) is 0 Å². The van der Waals surface area contributed by atoms with Crippen molar-refractivity contribution in [2.75, 3.05) is 0 Å². The largest absolute Gasteiger partial charge is 0.480 e. The number of hydrogen-bond acceptors (Lipinski definition) is 4. The molecule has 3 rings (SSSR count). The number of aryl methyl sites for hydroxylation is 1. The van der Waals surface area contributed by atoms with Gasteiger partial charge in [-0.1, -0.05) is 0 Å². The highest BCUT2D eigenvalue weighted by Gasteiger charge is 2.19. The molecule has 0 bridgehead atoms. The summed E-state index contributed by atoms with van der Waals surface area (Å²) >= 11 is 1.29. The molecule has 2 heterocycles. The van der Waals surface area contributed by atoms with Crippen LogP contribution >= 0.6 is 11.3 Å². The summed E-state index contributed by atoms with van der Waals surface area (Å²) < 4.78 is 28.1. The molecule has 1 aromatic carbocycles. The van der Waals surface area contributed by atoms with Crippen molar-refractivity contribution in [3.8, 4) is 10.7 Å². The first-order chi connectivity index (χ1) is 9.97. The number of thiazole rings is 1. The molecule has 0 aliphatic heterocycles. The van der Waals surface area contributed by atoms with Crippen LogP contribution < -0.4 is 0 Å². The van der Waals surface area contributed by atoms with Crippen LogP contribution in [0.3, 0.4) is 0 Å². The Bertz CT molecular complexity index is 857. The van der Waals surface area contributed by atoms with Gasteiger partial charge in [-0.2, -0.15) is 0 Å². The van der Waals surface area contributed by atoms with Crippen LogP contribution in [0, 0.1) is 18.6 Å². The number of halogens is 2. The number of fused-ring (bicyclic) bond motifs is 1. The first-order valence-electron chi connectivity index (χ1n) is 5.95. The van der Waals surface area contributed by atoms with E-state index in [-0.39, 0.29) is 11.0 Å². The average Bonchev–Trinajstić information content (AvgIpc) is 2.95. The van der Waals surface area contributed by atoms with Crippen molar-refractivity contribution >= 4 is 28.3 Å². The second-order valence-corrected chi connectivity index (χ2v) is 5.29. The number of carbonyl (C=O) groups is 1. The van der Waals surface area contributed by atoms with Crippen molar-refractivity contribution in [2.45, 2.75) is 13.5 Å². The van der Waals surface area contributed by atoms with E-state index >= 15 is 0 Å². The fourth-order valence-electron chi connectivity index (χ4n) is 2.11. The van der Waals surface area contributed by atoms with Gasteiger partial charge in [-0.3, -0.25) is 4.79 Å². The number of benzene rings is 1. The standard InChI is InChI=1S/C13H9F2N3O2S/c1-6-12(21-5-16-6)13-17-9-2-7(14)8(15)3-10(9)18(13)4-11(19)20/h2-3,5H,4H2,1H3,(H,19,20). The lowest BCUT2D eigenvalue weighted by atomic mass is 10.3. The van der Waals surface area contributed by atoms with Crippen molar-refractivity contribution in [1.29, 1.82) is 0 Å². The van der Waals surface area contributed by atoms with Gasteiger partial charge in [-0.05, 0) is 6.92 Å². The van der Waals surface area contributed by atoms with Gasteiger partial charge >= 0.3 is 5.97 Å². The van der Waals surface area contributed by atoms with Crippen LogP contribution in [-0.4, -0.2) is 25.6 Å². The summed E-state index contributed by atoms with van der Waals surface area (Å²) in [5.41, 5.74) is 2.73. The highest BCUT2D eigenvalue weighted by atomic mass is 32.1. The van der Waals surface area contributed by atoms with E-state index < -0.39 is 24.1 Å². The van der Waals surface area contributed by atoms with Gasteiger partial charge in [0.1, 0.15) is 6.54 Å². The van der Waals surface area contributed by atoms with Gasteiger partial charge in [0.15, 0.2) is 17.5 Å². The second-order valence-electron chi connectivity index (χ2n) is 4.44. The van der Waals surface area contributed by atoms with Crippen LogP contribution in [0.4, 0.5) is 8.78 Å². The van der Waals surface area contributed by atoms with Gasteiger partial charge in [-0.15, -0.1) is 11.3 Å². The molecule has 8 heteroatoms. The molecule has 0 saturated carbocycles. The maximum absolute atomic E-state index is 13.4. The van der Waals surface area contributed by atoms with Crippen molar-refractivity contribution in [2.24, 2.45) is 0 Å². The van der Waals surface area contributed by atoms with E-state index in [0.717, 1.165) is 12.1 Å². The van der Waals surface area contributed by atoms with Crippen LogP contribution in [-0.2, 0) is 11.3 Å². The smallest absolute Gasteiger partial charge is 0.323 e. The molecular formula is C13H9F2N3O2S. The molecule has 108 valence electrons. The van der Waals surface area contributed by atoms with E-state index in [2.05, 4.69) is 9.97 Å². The molecule has 0 aliphatic rings. The molecule has 0 fully saturated rings. The Hall–Kier alpha value is -2.35. The predicted molar refractivity (Wildman–Crippen MR) is 73.1 cm³/mol. The van der Waals surface area contributed by atoms with Crippen LogP contribution in [0.25, 0.3) is 21.7 Å². The van der Waals surface area contributed by atoms with Gasteiger partial charge in [0.05, 0.1) is 27.1 Å². The van der Waals surface area contributed by atoms with Gasteiger partial charge in [0.2, 0.25) is 0 Å². The normalized spacial score (nSPS) is 11.2.